The molecule has 1 N–H and O–H groups in total. The molecule has 0 amide bonds. The highest BCUT2D eigenvalue weighted by Gasteiger charge is 2.76. The zero-order chi connectivity index (χ0) is 18.2. The molecule has 0 heterocycles. The number of hydrogen-bond acceptors (Lipinski definition) is 4. The second-order valence-corrected chi connectivity index (χ2v) is 8.16. The smallest absolute Gasteiger partial charge is 0.314 e. The lowest BCUT2D eigenvalue weighted by molar-refractivity contribution is -0.145. The molecule has 0 spiro atoms. The van der Waals surface area contributed by atoms with Crippen LogP contribution in [0.5, 0.6) is 0 Å². The number of sulfone groups is 1. The summed E-state index contributed by atoms with van der Waals surface area (Å²) in [4.78, 5) is 12.1. The molecule has 7 heteroatoms. The van der Waals surface area contributed by atoms with Crippen molar-refractivity contribution in [2.75, 3.05) is 13.7 Å². The number of aliphatic carboxylic acids is 1. The Bertz CT molecular complexity index is 879. The number of halogens is 1. The highest BCUT2D eigenvalue weighted by atomic mass is 32.2. The number of carboxylic acid groups (broad SMARTS) is 1. The molecule has 0 aliphatic heterocycles. The van der Waals surface area contributed by atoms with E-state index in [0.717, 1.165) is 0 Å². The normalized spacial score (nSPS) is 25.5. The topological polar surface area (TPSA) is 80.7 Å². The van der Waals surface area contributed by atoms with Crippen LogP contribution >= 0.6 is 0 Å². The van der Waals surface area contributed by atoms with E-state index in [1.165, 1.54) is 43.5 Å². The van der Waals surface area contributed by atoms with Crippen LogP contribution in [-0.4, -0.2) is 38.5 Å². The maximum atomic E-state index is 13.2. The van der Waals surface area contributed by atoms with Gasteiger partial charge in [-0.3, -0.25) is 4.79 Å². The Labute approximate surface area is 145 Å². The molecule has 3 rings (SSSR count). The van der Waals surface area contributed by atoms with E-state index in [-0.39, 0.29) is 11.5 Å². The van der Waals surface area contributed by atoms with E-state index in [9.17, 15) is 22.7 Å². The molecule has 0 saturated heterocycles. The van der Waals surface area contributed by atoms with Crippen LogP contribution in [0.2, 0.25) is 0 Å². The summed E-state index contributed by atoms with van der Waals surface area (Å²) < 4.78 is 44.3. The molecule has 132 valence electrons. The minimum atomic E-state index is -3.90. The Kier molecular flexibility index (Phi) is 4.38. The number of methoxy groups -OCH3 is 1. The maximum Gasteiger partial charge on any atom is 0.314 e. The Morgan fingerprint density at radius 2 is 1.76 bits per heavy atom. The van der Waals surface area contributed by atoms with E-state index in [2.05, 4.69) is 0 Å². The van der Waals surface area contributed by atoms with E-state index in [1.54, 1.807) is 18.2 Å². The van der Waals surface area contributed by atoms with Gasteiger partial charge in [-0.1, -0.05) is 30.3 Å². The van der Waals surface area contributed by atoms with Crippen molar-refractivity contribution in [1.29, 1.82) is 0 Å². The van der Waals surface area contributed by atoms with Gasteiger partial charge >= 0.3 is 5.97 Å². The fourth-order valence-electron chi connectivity index (χ4n) is 3.49. The molecule has 1 fully saturated rings. The van der Waals surface area contributed by atoms with Crippen LogP contribution in [0.25, 0.3) is 0 Å². The van der Waals surface area contributed by atoms with Crippen molar-refractivity contribution in [3.8, 4) is 0 Å². The summed E-state index contributed by atoms with van der Waals surface area (Å²) in [6, 6.07) is 13.0. The van der Waals surface area contributed by atoms with E-state index < -0.39 is 38.2 Å². The molecule has 0 radical (unpaired) electrons. The third-order valence-corrected chi connectivity index (χ3v) is 6.96. The molecular weight excluding hydrogens is 347 g/mol. The van der Waals surface area contributed by atoms with E-state index >= 15 is 0 Å². The molecule has 2 aromatic rings. The van der Waals surface area contributed by atoms with Crippen LogP contribution in [0, 0.1) is 11.2 Å². The molecule has 1 saturated carbocycles. The number of carboxylic acids is 1. The first-order valence-corrected chi connectivity index (χ1v) is 9.17. The fourth-order valence-corrected chi connectivity index (χ4v) is 5.87. The van der Waals surface area contributed by atoms with Crippen LogP contribution < -0.4 is 0 Å². The number of carbonyl (C=O) groups is 1. The van der Waals surface area contributed by atoms with Gasteiger partial charge in [0.05, 0.1) is 16.8 Å². The van der Waals surface area contributed by atoms with Gasteiger partial charge in [-0.15, -0.1) is 0 Å². The summed E-state index contributed by atoms with van der Waals surface area (Å²) in [6.45, 7) is -0.249. The van der Waals surface area contributed by atoms with Gasteiger partial charge in [-0.2, -0.15) is 0 Å². The predicted molar refractivity (Wildman–Crippen MR) is 88.5 cm³/mol. The van der Waals surface area contributed by atoms with Crippen molar-refractivity contribution < 1.29 is 27.4 Å². The second-order valence-electron chi connectivity index (χ2n) is 6.09. The van der Waals surface area contributed by atoms with Crippen LogP contribution in [0.4, 0.5) is 4.39 Å². The molecule has 5 nitrogen and oxygen atoms in total. The first kappa shape index (κ1) is 17.6. The summed E-state index contributed by atoms with van der Waals surface area (Å²) in [5, 5.41) is 8.61. The van der Waals surface area contributed by atoms with Gasteiger partial charge in [-0.25, -0.2) is 12.8 Å². The average Bonchev–Trinajstić information content (AvgIpc) is 3.28. The van der Waals surface area contributed by atoms with Gasteiger partial charge in [0.2, 0.25) is 0 Å². The van der Waals surface area contributed by atoms with Crippen molar-refractivity contribution in [3.05, 3.63) is 66.0 Å². The Morgan fingerprint density at radius 1 is 1.16 bits per heavy atom. The highest BCUT2D eigenvalue weighted by molar-refractivity contribution is 7.92. The Balaban J connectivity index is 2.12. The molecule has 25 heavy (non-hydrogen) atoms. The fraction of sp³-hybridized carbons (Fsp3) is 0.278. The molecule has 0 unspecified atom stereocenters. The summed E-state index contributed by atoms with van der Waals surface area (Å²) in [5.74, 6) is -2.52. The lowest BCUT2D eigenvalue weighted by Gasteiger charge is -2.12. The first-order chi connectivity index (χ1) is 11.9. The maximum absolute atomic E-state index is 13.2. The third kappa shape index (κ3) is 2.73. The first-order valence-electron chi connectivity index (χ1n) is 7.62. The number of benzene rings is 2. The molecule has 2 aromatic carbocycles. The minimum absolute atomic E-state index is 0.0614. The van der Waals surface area contributed by atoms with E-state index in [4.69, 9.17) is 4.74 Å². The van der Waals surface area contributed by atoms with Crippen molar-refractivity contribution in [3.63, 3.8) is 0 Å². The highest BCUT2D eigenvalue weighted by Crippen LogP contribution is 2.64. The van der Waals surface area contributed by atoms with Crippen LogP contribution in [0.1, 0.15) is 11.5 Å². The summed E-state index contributed by atoms with van der Waals surface area (Å²) >= 11 is 0. The van der Waals surface area contributed by atoms with Crippen molar-refractivity contribution in [2.45, 2.75) is 16.1 Å². The van der Waals surface area contributed by atoms with Gasteiger partial charge in [0.25, 0.3) is 0 Å². The lowest BCUT2D eigenvalue weighted by Crippen LogP contribution is -2.28. The number of rotatable bonds is 6. The Morgan fingerprint density at radius 3 is 2.28 bits per heavy atom. The van der Waals surface area contributed by atoms with Crippen LogP contribution in [0.3, 0.4) is 0 Å². The molecule has 0 aromatic heterocycles. The number of ether oxygens (including phenoxy) is 1. The van der Waals surface area contributed by atoms with Gasteiger partial charge in [-0.05, 0) is 29.8 Å². The van der Waals surface area contributed by atoms with Crippen molar-refractivity contribution >= 4 is 15.8 Å². The number of hydrogen-bond donors (Lipinski definition) is 1. The largest absolute Gasteiger partial charge is 0.481 e. The summed E-state index contributed by atoms with van der Waals surface area (Å²) in [5.41, 5.74) is -1.13. The van der Waals surface area contributed by atoms with Crippen molar-refractivity contribution in [2.24, 2.45) is 5.41 Å². The molecule has 1 aliphatic rings. The molecule has 3 atom stereocenters. The standard InChI is InChI=1S/C18H17FO5S/c1-24-11-18(17(20)21)15(12-7-9-13(19)10-8-12)16(18)25(22,23)14-5-3-2-4-6-14/h2-10,15-16H,11H2,1H3,(H,20,21)/t15-,16+,18-/m1/s1. The minimum Gasteiger partial charge on any atom is -0.481 e. The SMILES string of the molecule is COC[C@@]1(C(=O)O)[C@H](c2ccc(F)cc2)[C@@H]1S(=O)(=O)c1ccccc1. The molecular formula is C18H17FO5S. The molecule has 0 bridgehead atoms. The zero-order valence-electron chi connectivity index (χ0n) is 13.4. The van der Waals surface area contributed by atoms with Crippen LogP contribution in [-0.2, 0) is 19.4 Å². The monoisotopic (exact) mass is 364 g/mol. The molecule has 1 aliphatic carbocycles. The van der Waals surface area contributed by atoms with Gasteiger partial charge < -0.3 is 9.84 Å². The van der Waals surface area contributed by atoms with Crippen molar-refractivity contribution in [1.82, 2.24) is 0 Å². The average molecular weight is 364 g/mol. The van der Waals surface area contributed by atoms with Gasteiger partial charge in [0, 0.05) is 13.0 Å². The van der Waals surface area contributed by atoms with E-state index in [1.807, 2.05) is 0 Å². The predicted octanol–water partition coefficient (Wildman–Crippen LogP) is 2.48. The Hall–Kier alpha value is -2.25. The van der Waals surface area contributed by atoms with Gasteiger partial charge in [0.1, 0.15) is 11.2 Å². The lowest BCUT2D eigenvalue weighted by atomic mass is 10.00. The summed E-state index contributed by atoms with van der Waals surface area (Å²) in [6.07, 6.45) is 0. The third-order valence-electron chi connectivity index (χ3n) is 4.67. The second kappa shape index (κ2) is 6.24. The van der Waals surface area contributed by atoms with Gasteiger partial charge in [0.15, 0.2) is 9.84 Å². The van der Waals surface area contributed by atoms with Crippen LogP contribution in [0.15, 0.2) is 59.5 Å². The quantitative estimate of drug-likeness (QED) is 0.852. The van der Waals surface area contributed by atoms with E-state index in [0.29, 0.717) is 5.56 Å². The zero-order valence-corrected chi connectivity index (χ0v) is 14.2. The summed E-state index contributed by atoms with van der Waals surface area (Å²) in [7, 11) is -2.57.